The Morgan fingerprint density at radius 2 is 1.35 bits per heavy atom. The van der Waals surface area contributed by atoms with Crippen molar-refractivity contribution in [3.63, 3.8) is 0 Å². The molecular weight excluding hydrogens is 869 g/mol. The Balaban J connectivity index is 1.22. The summed E-state index contributed by atoms with van der Waals surface area (Å²) in [7, 11) is 3.17. The molecule has 8 rings (SSSR count). The van der Waals surface area contributed by atoms with Crippen molar-refractivity contribution < 1.29 is 48.3 Å². The van der Waals surface area contributed by atoms with Crippen molar-refractivity contribution in [1.82, 2.24) is 14.9 Å². The van der Waals surface area contributed by atoms with Crippen LogP contribution in [0.3, 0.4) is 0 Å². The van der Waals surface area contributed by atoms with Crippen LogP contribution in [-0.2, 0) is 39.9 Å². The number of esters is 1. The van der Waals surface area contributed by atoms with Crippen LogP contribution >= 0.6 is 0 Å². The summed E-state index contributed by atoms with van der Waals surface area (Å²) in [6.45, 7) is 4.94. The zero-order valence-corrected chi connectivity index (χ0v) is 38.3. The van der Waals surface area contributed by atoms with Gasteiger partial charge in [-0.2, -0.15) is 0 Å². The van der Waals surface area contributed by atoms with Crippen molar-refractivity contribution in [3.8, 4) is 11.5 Å². The second-order valence-electron chi connectivity index (χ2n) is 16.6. The number of hydrogen-bond acceptors (Lipinski definition) is 13. The number of carbonyl (C=O) groups excluding carboxylic acids is 3. The first kappa shape index (κ1) is 47.1. The molecule has 0 spiro atoms. The SMILES string of the molecule is CCCC(=O)O[C@@H]1[C@H](O)[C@@H](COC(c2ccccc2)(c2ccc(OC)cc2)c2ccc(OC)cc2)O[C@H]1n1cnc2c1NC(NC(=O)C(C)C)=NC2(O)C(=O)N(c1ccccc1)c1ccccc1. The number of amides is 2. The second kappa shape index (κ2) is 20.2. The van der Waals surface area contributed by atoms with Gasteiger partial charge in [-0.05, 0) is 71.6 Å². The molecule has 2 amide bonds. The summed E-state index contributed by atoms with van der Waals surface area (Å²) in [5, 5.41) is 30.8. The minimum Gasteiger partial charge on any atom is -0.497 e. The van der Waals surface area contributed by atoms with Crippen LogP contribution < -0.4 is 25.0 Å². The fraction of sp³-hybridized carbons (Fsp3) is 0.288. The number of carbonyl (C=O) groups is 3. The number of aliphatic hydroxyl groups is 2. The number of rotatable bonds is 16. The maximum absolute atomic E-state index is 15.1. The maximum atomic E-state index is 15.1. The lowest BCUT2D eigenvalue weighted by molar-refractivity contribution is -0.158. The molecule has 5 aromatic carbocycles. The number of aliphatic imine (C=N–C) groups is 1. The number of ether oxygens (including phenoxy) is 5. The molecule has 0 aliphatic carbocycles. The van der Waals surface area contributed by atoms with E-state index < -0.39 is 59.6 Å². The van der Waals surface area contributed by atoms with Gasteiger partial charge in [0, 0.05) is 23.7 Å². The van der Waals surface area contributed by atoms with Crippen molar-refractivity contribution in [3.05, 3.63) is 168 Å². The number of benzene rings is 5. The van der Waals surface area contributed by atoms with E-state index in [0.29, 0.717) is 29.3 Å². The van der Waals surface area contributed by atoms with Crippen LogP contribution in [0.5, 0.6) is 11.5 Å². The first-order valence-electron chi connectivity index (χ1n) is 22.3. The number of nitrogens with zero attached hydrogens (tertiary/aromatic N) is 4. The zero-order valence-electron chi connectivity index (χ0n) is 38.3. The number of hydrogen-bond donors (Lipinski definition) is 4. The van der Waals surface area contributed by atoms with Gasteiger partial charge in [0.25, 0.3) is 11.6 Å². The van der Waals surface area contributed by atoms with Crippen molar-refractivity contribution in [2.24, 2.45) is 10.9 Å². The molecule has 0 radical (unpaired) electrons. The predicted molar refractivity (Wildman–Crippen MR) is 253 cm³/mol. The summed E-state index contributed by atoms with van der Waals surface area (Å²) in [6, 6.07) is 42.0. The molecule has 1 aromatic heterocycles. The lowest BCUT2D eigenvalue weighted by Gasteiger charge is -2.37. The number of nitrogens with one attached hydrogen (secondary N) is 2. The fourth-order valence-electron chi connectivity index (χ4n) is 8.35. The molecule has 4 N–H and O–H groups in total. The molecule has 68 heavy (non-hydrogen) atoms. The molecule has 352 valence electrons. The lowest BCUT2D eigenvalue weighted by atomic mass is 9.80. The van der Waals surface area contributed by atoms with Crippen molar-refractivity contribution in [1.29, 1.82) is 0 Å². The number of aromatic nitrogens is 2. The number of anilines is 3. The average molecular weight is 923 g/mol. The summed E-state index contributed by atoms with van der Waals surface area (Å²) < 4.78 is 32.3. The molecule has 0 saturated carbocycles. The molecule has 6 aromatic rings. The van der Waals surface area contributed by atoms with E-state index in [0.717, 1.165) is 16.7 Å². The Morgan fingerprint density at radius 3 is 1.87 bits per heavy atom. The highest BCUT2D eigenvalue weighted by Gasteiger charge is 2.54. The molecule has 16 heteroatoms. The molecule has 3 heterocycles. The molecule has 0 bridgehead atoms. The number of para-hydroxylation sites is 2. The molecular formula is C52H54N6O10. The highest BCUT2D eigenvalue weighted by atomic mass is 16.6. The Bertz CT molecular complexity index is 2630. The Hall–Kier alpha value is -7.37. The summed E-state index contributed by atoms with van der Waals surface area (Å²) in [5.41, 5.74) is -1.24. The van der Waals surface area contributed by atoms with Gasteiger partial charge in [-0.25, -0.2) is 9.98 Å². The Labute approximate surface area is 394 Å². The molecule has 2 aliphatic heterocycles. The van der Waals surface area contributed by atoms with Gasteiger partial charge < -0.3 is 39.2 Å². The third kappa shape index (κ3) is 9.18. The molecule has 5 atom stereocenters. The molecule has 16 nitrogen and oxygen atoms in total. The van der Waals surface area contributed by atoms with Crippen molar-refractivity contribution in [2.45, 2.75) is 69.5 Å². The summed E-state index contributed by atoms with van der Waals surface area (Å²) in [6.07, 6.45) is -3.52. The molecule has 2 aliphatic rings. The van der Waals surface area contributed by atoms with E-state index in [1.165, 1.54) is 15.8 Å². The molecule has 1 fully saturated rings. The van der Waals surface area contributed by atoms with Gasteiger partial charge in [0.05, 0.1) is 27.2 Å². The van der Waals surface area contributed by atoms with Crippen LogP contribution in [0.25, 0.3) is 0 Å². The highest BCUT2D eigenvalue weighted by molar-refractivity contribution is 6.11. The lowest BCUT2D eigenvalue weighted by Crippen LogP contribution is -2.51. The van der Waals surface area contributed by atoms with E-state index in [1.807, 2.05) is 85.8 Å². The first-order valence-corrected chi connectivity index (χ1v) is 22.3. The number of methoxy groups -OCH3 is 2. The van der Waals surface area contributed by atoms with E-state index in [9.17, 15) is 19.8 Å². The third-order valence-electron chi connectivity index (χ3n) is 11.9. The average Bonchev–Trinajstić information content (AvgIpc) is 3.93. The van der Waals surface area contributed by atoms with Crippen LogP contribution in [0.1, 0.15) is 62.2 Å². The predicted octanol–water partition coefficient (Wildman–Crippen LogP) is 6.94. The van der Waals surface area contributed by atoms with Gasteiger partial charge in [0.15, 0.2) is 12.3 Å². The smallest absolute Gasteiger partial charge is 0.306 e. The minimum atomic E-state index is -2.75. The Kier molecular flexibility index (Phi) is 14.0. The number of fused-ring (bicyclic) bond motifs is 1. The Morgan fingerprint density at radius 1 is 0.824 bits per heavy atom. The van der Waals surface area contributed by atoms with Crippen LogP contribution in [-0.4, -0.2) is 82.6 Å². The van der Waals surface area contributed by atoms with Crippen molar-refractivity contribution >= 4 is 40.9 Å². The van der Waals surface area contributed by atoms with E-state index in [1.54, 1.807) is 88.7 Å². The van der Waals surface area contributed by atoms with E-state index in [-0.39, 0.29) is 30.5 Å². The second-order valence-corrected chi connectivity index (χ2v) is 16.6. The van der Waals surface area contributed by atoms with Crippen LogP contribution in [0.4, 0.5) is 17.2 Å². The summed E-state index contributed by atoms with van der Waals surface area (Å²) >= 11 is 0. The largest absolute Gasteiger partial charge is 0.497 e. The van der Waals surface area contributed by atoms with Gasteiger partial charge in [0.1, 0.15) is 40.8 Å². The zero-order chi connectivity index (χ0) is 48.0. The first-order chi connectivity index (χ1) is 32.9. The number of aliphatic hydroxyl groups excluding tert-OH is 1. The normalized spacial score (nSPS) is 19.9. The van der Waals surface area contributed by atoms with Gasteiger partial charge in [-0.3, -0.25) is 29.2 Å². The fourth-order valence-corrected chi connectivity index (χ4v) is 8.35. The topological polar surface area (TPSA) is 195 Å². The summed E-state index contributed by atoms with van der Waals surface area (Å²) in [4.78, 5) is 52.0. The van der Waals surface area contributed by atoms with E-state index in [2.05, 4.69) is 20.6 Å². The van der Waals surface area contributed by atoms with Gasteiger partial charge >= 0.3 is 5.97 Å². The maximum Gasteiger partial charge on any atom is 0.306 e. The minimum absolute atomic E-state index is 0.0265. The molecule has 1 unspecified atom stereocenters. The van der Waals surface area contributed by atoms with Crippen molar-refractivity contribution in [2.75, 3.05) is 31.0 Å². The quantitative estimate of drug-likeness (QED) is 0.0578. The number of guanidine groups is 1. The van der Waals surface area contributed by atoms with Crippen LogP contribution in [0.2, 0.25) is 0 Å². The summed E-state index contributed by atoms with van der Waals surface area (Å²) in [5.74, 6) is -1.52. The monoisotopic (exact) mass is 922 g/mol. The van der Waals surface area contributed by atoms with Crippen LogP contribution in [0, 0.1) is 5.92 Å². The van der Waals surface area contributed by atoms with E-state index >= 15 is 4.79 Å². The van der Waals surface area contributed by atoms with Crippen LogP contribution in [0.15, 0.2) is 151 Å². The van der Waals surface area contributed by atoms with E-state index in [4.69, 9.17) is 23.7 Å². The van der Waals surface area contributed by atoms with Gasteiger partial charge in [-0.1, -0.05) is 112 Å². The van der Waals surface area contributed by atoms with Gasteiger partial charge in [0.2, 0.25) is 11.9 Å². The third-order valence-corrected chi connectivity index (χ3v) is 11.9. The standard InChI is InChI=1S/C52H54N6O10/c1-6-16-42(59)68-44-43(60)41(31-66-51(34-17-10-7-11-18-34,35-23-27-39(64-4)28-24-35)36-25-29-40(65-5)30-26-36)67-48(44)57-32-53-45-46(57)54-50(55-47(61)33(2)3)56-52(45,63)49(62)58(37-19-12-8-13-20-37)38-21-14-9-15-22-38/h7-15,17-30,32-33,41,43-44,48,60,63H,6,16,31H2,1-5H3,(H2,54,55,56,61)/t41-,43-,44-,48-,52?/m1/s1. The van der Waals surface area contributed by atoms with Gasteiger partial charge in [-0.15, -0.1) is 0 Å². The highest BCUT2D eigenvalue weighted by Crippen LogP contribution is 2.45. The molecule has 1 saturated heterocycles. The number of imidazole rings is 1.